The van der Waals surface area contributed by atoms with Gasteiger partial charge in [-0.25, -0.2) is 0 Å². The molecule has 0 aliphatic carbocycles. The standard InChI is InChI=1S/2C7H12O2.Cu/c2*1-3-6(8)5-7(9)4-2;/h2*3-5H2,1-2H3;/p+4. The fourth-order valence-electron chi connectivity index (χ4n) is 0.971. The Morgan fingerprint density at radius 3 is 0.789 bits per heavy atom. The van der Waals surface area contributed by atoms with Crippen LogP contribution in [0.5, 0.6) is 0 Å². The van der Waals surface area contributed by atoms with Crippen molar-refractivity contribution in [2.24, 2.45) is 0 Å². The van der Waals surface area contributed by atoms with Crippen LogP contribution in [0.4, 0.5) is 0 Å². The molecule has 4 nitrogen and oxygen atoms in total. The molecule has 19 heavy (non-hydrogen) atoms. The Morgan fingerprint density at radius 2 is 0.684 bits per heavy atom. The molecule has 0 aliphatic rings. The molecular formula is C14H28CuO4+4. The molecule has 115 valence electrons. The van der Waals surface area contributed by atoms with Crippen LogP contribution in [0.15, 0.2) is 0 Å². The average molecular weight is 324 g/mol. The molecule has 0 aliphatic heterocycles. The van der Waals surface area contributed by atoms with Gasteiger partial charge in [-0.1, -0.05) is 27.7 Å². The van der Waals surface area contributed by atoms with Gasteiger partial charge in [0, 0.05) is 17.1 Å². The van der Waals surface area contributed by atoms with Crippen molar-refractivity contribution in [2.75, 3.05) is 0 Å². The predicted molar refractivity (Wildman–Crippen MR) is 78.2 cm³/mol. The third-order valence-electron chi connectivity index (χ3n) is 2.45. The molecule has 0 unspecified atom stereocenters. The van der Waals surface area contributed by atoms with Gasteiger partial charge in [0.05, 0.1) is 25.7 Å². The van der Waals surface area contributed by atoms with E-state index in [0.717, 1.165) is 0 Å². The molecule has 0 aromatic carbocycles. The van der Waals surface area contributed by atoms with Crippen molar-refractivity contribution < 1.29 is 36.2 Å². The molecule has 0 atom stereocenters. The zero-order valence-corrected chi connectivity index (χ0v) is 13.3. The van der Waals surface area contributed by atoms with Crippen LogP contribution in [0.25, 0.3) is 0 Å². The van der Waals surface area contributed by atoms with Crippen LogP contribution in [0.3, 0.4) is 0 Å². The zero-order chi connectivity index (χ0) is 14.6. The monoisotopic (exact) mass is 323 g/mol. The Kier molecular flexibility index (Phi) is 18.7. The first-order valence-electron chi connectivity index (χ1n) is 6.55. The van der Waals surface area contributed by atoms with E-state index in [1.807, 2.05) is 27.7 Å². The molecule has 0 aromatic heterocycles. The van der Waals surface area contributed by atoms with Crippen LogP contribution in [-0.4, -0.2) is 42.3 Å². The summed E-state index contributed by atoms with van der Waals surface area (Å²) in [6.45, 7) is 7.44. The van der Waals surface area contributed by atoms with Gasteiger partial charge in [0.15, 0.2) is 12.8 Å². The van der Waals surface area contributed by atoms with Crippen molar-refractivity contribution in [2.45, 2.75) is 66.2 Å². The van der Waals surface area contributed by atoms with Crippen molar-refractivity contribution in [1.29, 1.82) is 0 Å². The van der Waals surface area contributed by atoms with Crippen LogP contribution in [0.1, 0.15) is 66.2 Å². The normalized spacial score (nSPS) is 8.63. The van der Waals surface area contributed by atoms with Crippen LogP contribution in [0, 0.1) is 0 Å². The summed E-state index contributed by atoms with van der Waals surface area (Å²) >= 11 is 0. The number of rotatable bonds is 8. The maximum atomic E-state index is 8.90. The predicted octanol–water partition coefficient (Wildman–Crippen LogP) is 2.57. The Hall–Kier alpha value is -0.801. The summed E-state index contributed by atoms with van der Waals surface area (Å²) in [7, 11) is 0. The third kappa shape index (κ3) is 17.2. The van der Waals surface area contributed by atoms with Gasteiger partial charge in [-0.2, -0.15) is 0 Å². The molecule has 0 fully saturated rings. The SMILES string of the molecule is CCC(=[OH+])CC(=[OH+])CC.CCC(=[OH+])CC(=[OH+])CC.[Cu]. The van der Waals surface area contributed by atoms with E-state index in [1.165, 1.54) is 0 Å². The van der Waals surface area contributed by atoms with Gasteiger partial charge in [-0.05, 0) is 0 Å². The smallest absolute Gasteiger partial charge is 0.283 e. The Morgan fingerprint density at radius 1 is 0.526 bits per heavy atom. The van der Waals surface area contributed by atoms with Gasteiger partial charge in [-0.15, -0.1) is 0 Å². The summed E-state index contributed by atoms with van der Waals surface area (Å²) < 4.78 is 0. The second kappa shape index (κ2) is 15.3. The van der Waals surface area contributed by atoms with E-state index < -0.39 is 0 Å². The van der Waals surface area contributed by atoms with Crippen LogP contribution >= 0.6 is 0 Å². The number of hydrogen-bond acceptors (Lipinski definition) is 0. The molecule has 0 saturated heterocycles. The van der Waals surface area contributed by atoms with Crippen molar-refractivity contribution in [1.82, 2.24) is 0 Å². The average Bonchev–Trinajstić information content (AvgIpc) is 2.38. The number of hydrogen-bond donors (Lipinski definition) is 0. The molecule has 0 heterocycles. The van der Waals surface area contributed by atoms with E-state index in [0.29, 0.717) is 61.7 Å². The number of ketones is 4. The largest absolute Gasteiger partial charge is 0.305 e. The van der Waals surface area contributed by atoms with Gasteiger partial charge in [0.25, 0.3) is 0 Å². The van der Waals surface area contributed by atoms with Crippen molar-refractivity contribution in [3.05, 3.63) is 0 Å². The molecule has 4 N–H and O–H groups in total. The molecule has 0 amide bonds. The number of carbonyl (C=O) groups excluding carboxylic acids is 4. The van der Waals surface area contributed by atoms with E-state index in [2.05, 4.69) is 0 Å². The van der Waals surface area contributed by atoms with Gasteiger partial charge in [0.1, 0.15) is 0 Å². The maximum Gasteiger partial charge on any atom is 0.305 e. The quantitative estimate of drug-likeness (QED) is 0.373. The maximum absolute atomic E-state index is 8.90. The van der Waals surface area contributed by atoms with Crippen LogP contribution in [-0.2, 0) is 17.1 Å². The third-order valence-corrected chi connectivity index (χ3v) is 2.45. The summed E-state index contributed by atoms with van der Waals surface area (Å²) in [5, 5.41) is 0. The first-order valence-corrected chi connectivity index (χ1v) is 6.55. The van der Waals surface area contributed by atoms with E-state index >= 15 is 0 Å². The molecule has 0 rings (SSSR count). The Labute approximate surface area is 126 Å². The summed E-state index contributed by atoms with van der Waals surface area (Å²) in [5.41, 5.74) is 0. The second-order valence-corrected chi connectivity index (χ2v) is 4.03. The summed E-state index contributed by atoms with van der Waals surface area (Å²) in [5.74, 6) is 1.42. The van der Waals surface area contributed by atoms with Gasteiger partial charge >= 0.3 is 23.1 Å². The fraction of sp³-hybridized carbons (Fsp3) is 0.714. The van der Waals surface area contributed by atoms with E-state index in [9.17, 15) is 0 Å². The van der Waals surface area contributed by atoms with Crippen molar-refractivity contribution in [3.8, 4) is 0 Å². The first kappa shape index (κ1) is 23.3. The van der Waals surface area contributed by atoms with Crippen LogP contribution in [0.2, 0.25) is 0 Å². The summed E-state index contributed by atoms with van der Waals surface area (Å²) in [6, 6.07) is 0. The molecule has 0 spiro atoms. The molecule has 0 bridgehead atoms. The van der Waals surface area contributed by atoms with Gasteiger partial charge in [-0.3, -0.25) is 19.2 Å². The molecule has 1 radical (unpaired) electrons. The van der Waals surface area contributed by atoms with Gasteiger partial charge in [0.2, 0.25) is 0 Å². The molecular weight excluding hydrogens is 296 g/mol. The van der Waals surface area contributed by atoms with E-state index in [1.54, 1.807) is 0 Å². The van der Waals surface area contributed by atoms with Crippen molar-refractivity contribution >= 4 is 23.1 Å². The minimum Gasteiger partial charge on any atom is -0.283 e. The second-order valence-electron chi connectivity index (χ2n) is 4.03. The summed E-state index contributed by atoms with van der Waals surface area (Å²) in [4.78, 5) is 35.6. The first-order chi connectivity index (χ1) is 8.40. The summed E-state index contributed by atoms with van der Waals surface area (Å²) in [6.07, 6.45) is 3.22. The molecule has 5 heteroatoms. The van der Waals surface area contributed by atoms with Crippen molar-refractivity contribution in [3.63, 3.8) is 0 Å². The van der Waals surface area contributed by atoms with Crippen LogP contribution < -0.4 is 0 Å². The molecule has 0 saturated carbocycles. The minimum absolute atomic E-state index is 0. The van der Waals surface area contributed by atoms with Gasteiger partial charge < -0.3 is 0 Å². The topological polar surface area (TPSA) is 85.6 Å². The van der Waals surface area contributed by atoms with E-state index in [-0.39, 0.29) is 17.1 Å². The zero-order valence-electron chi connectivity index (χ0n) is 12.3. The van der Waals surface area contributed by atoms with E-state index in [4.69, 9.17) is 19.2 Å². The fourth-order valence-corrected chi connectivity index (χ4v) is 0.971. The molecule has 0 aromatic rings. The minimum atomic E-state index is 0. The Bertz CT molecular complexity index is 240. The Balaban J connectivity index is -0.000000256.